The highest BCUT2D eigenvalue weighted by molar-refractivity contribution is 5.81. The molecule has 4 nitrogen and oxygen atoms in total. The van der Waals surface area contributed by atoms with Crippen LogP contribution in [0.25, 0.3) is 0 Å². The van der Waals surface area contributed by atoms with E-state index in [9.17, 15) is 4.79 Å². The summed E-state index contributed by atoms with van der Waals surface area (Å²) >= 11 is 0. The van der Waals surface area contributed by atoms with Crippen LogP contribution in [0.1, 0.15) is 62.8 Å². The van der Waals surface area contributed by atoms with Gasteiger partial charge in [0.2, 0.25) is 0 Å². The number of carbonyl (C=O) groups excluding carboxylic acids is 1. The number of amides is 1. The highest BCUT2D eigenvalue weighted by Crippen LogP contribution is 2.25. The molecule has 1 aliphatic rings. The molecule has 0 aromatic heterocycles. The Bertz CT molecular complexity index is 826. The molecule has 162 valence electrons. The minimum absolute atomic E-state index is 0.0660. The molecule has 1 amide bonds. The van der Waals surface area contributed by atoms with Gasteiger partial charge in [0, 0.05) is 18.8 Å². The molecule has 3 rings (SSSR count). The van der Waals surface area contributed by atoms with E-state index < -0.39 is 6.10 Å². The van der Waals surface area contributed by atoms with Gasteiger partial charge in [-0.1, -0.05) is 32.0 Å². The Morgan fingerprint density at radius 1 is 1.17 bits per heavy atom. The fourth-order valence-electron chi connectivity index (χ4n) is 4.27. The zero-order valence-corrected chi connectivity index (χ0v) is 19.1. The van der Waals surface area contributed by atoms with E-state index in [-0.39, 0.29) is 11.9 Å². The lowest BCUT2D eigenvalue weighted by Gasteiger charge is -2.33. The average molecular weight is 409 g/mol. The first-order valence-electron chi connectivity index (χ1n) is 11.3. The van der Waals surface area contributed by atoms with Gasteiger partial charge in [-0.15, -0.1) is 0 Å². The number of carbonyl (C=O) groups is 1. The summed E-state index contributed by atoms with van der Waals surface area (Å²) in [5.74, 6) is 1.43. The van der Waals surface area contributed by atoms with Crippen molar-refractivity contribution in [3.8, 4) is 5.75 Å². The van der Waals surface area contributed by atoms with Crippen molar-refractivity contribution in [1.82, 2.24) is 5.32 Å². The third kappa shape index (κ3) is 5.78. The Balaban J connectivity index is 1.60. The average Bonchev–Trinajstić information content (AvgIpc) is 2.71. The van der Waals surface area contributed by atoms with Crippen LogP contribution in [0.5, 0.6) is 5.75 Å². The Labute approximate surface area is 181 Å². The highest BCUT2D eigenvalue weighted by atomic mass is 16.5. The van der Waals surface area contributed by atoms with Gasteiger partial charge in [0.25, 0.3) is 5.91 Å². The smallest absolute Gasteiger partial charge is 0.261 e. The summed E-state index contributed by atoms with van der Waals surface area (Å²) in [6, 6.07) is 14.6. The van der Waals surface area contributed by atoms with Crippen LogP contribution in [0.3, 0.4) is 0 Å². The van der Waals surface area contributed by atoms with Crippen LogP contribution < -0.4 is 15.0 Å². The maximum absolute atomic E-state index is 12.8. The Hall–Kier alpha value is -2.49. The summed E-state index contributed by atoms with van der Waals surface area (Å²) in [5, 5.41) is 3.13. The topological polar surface area (TPSA) is 41.6 Å². The molecule has 0 radical (unpaired) electrons. The Morgan fingerprint density at radius 2 is 1.83 bits per heavy atom. The van der Waals surface area contributed by atoms with Crippen LogP contribution in [0.2, 0.25) is 0 Å². The molecule has 1 fully saturated rings. The standard InChI is InChI=1S/C26H36N2O2/c1-6-25(30-24-15-19(3)14-20(4)16-24)26(29)27-21(5)22-9-11-23(12-10-22)28-13-7-8-18(2)17-28/h9-12,14-16,18,21,25H,6-8,13,17H2,1-5H3,(H,27,29)/t18-,21-,25+/m1/s1. The summed E-state index contributed by atoms with van der Waals surface area (Å²) in [4.78, 5) is 15.3. The lowest BCUT2D eigenvalue weighted by atomic mass is 9.99. The van der Waals surface area contributed by atoms with Gasteiger partial charge >= 0.3 is 0 Å². The summed E-state index contributed by atoms with van der Waals surface area (Å²) < 4.78 is 6.01. The normalized spacial score (nSPS) is 18.6. The summed E-state index contributed by atoms with van der Waals surface area (Å²) in [7, 11) is 0. The first-order valence-corrected chi connectivity index (χ1v) is 11.3. The van der Waals surface area contributed by atoms with Gasteiger partial charge in [0.05, 0.1) is 6.04 Å². The fourth-order valence-corrected chi connectivity index (χ4v) is 4.27. The molecule has 2 aromatic carbocycles. The van der Waals surface area contributed by atoms with Crippen LogP contribution in [0.15, 0.2) is 42.5 Å². The van der Waals surface area contributed by atoms with E-state index in [1.54, 1.807) is 0 Å². The number of nitrogens with zero attached hydrogens (tertiary/aromatic N) is 1. The van der Waals surface area contributed by atoms with Gasteiger partial charge in [0.1, 0.15) is 5.75 Å². The monoisotopic (exact) mass is 408 g/mol. The van der Waals surface area contributed by atoms with Crippen molar-refractivity contribution >= 4 is 11.6 Å². The molecule has 0 spiro atoms. The van der Waals surface area contributed by atoms with E-state index in [0.717, 1.165) is 41.4 Å². The van der Waals surface area contributed by atoms with E-state index in [1.165, 1.54) is 18.5 Å². The summed E-state index contributed by atoms with van der Waals surface area (Å²) in [6.07, 6.45) is 2.70. The number of hydrogen-bond acceptors (Lipinski definition) is 3. The molecule has 30 heavy (non-hydrogen) atoms. The van der Waals surface area contributed by atoms with E-state index in [1.807, 2.05) is 39.8 Å². The lowest BCUT2D eigenvalue weighted by molar-refractivity contribution is -0.128. The number of anilines is 1. The van der Waals surface area contributed by atoms with Gasteiger partial charge in [0.15, 0.2) is 6.10 Å². The third-order valence-electron chi connectivity index (χ3n) is 5.91. The predicted octanol–water partition coefficient (Wildman–Crippen LogP) is 5.57. The maximum Gasteiger partial charge on any atom is 0.261 e. The zero-order chi connectivity index (χ0) is 21.7. The predicted molar refractivity (Wildman–Crippen MR) is 124 cm³/mol. The van der Waals surface area contributed by atoms with Crippen molar-refractivity contribution in [2.24, 2.45) is 5.92 Å². The van der Waals surface area contributed by atoms with Crippen LogP contribution in [0, 0.1) is 19.8 Å². The largest absolute Gasteiger partial charge is 0.481 e. The molecule has 1 saturated heterocycles. The quantitative estimate of drug-likeness (QED) is 0.651. The lowest BCUT2D eigenvalue weighted by Crippen LogP contribution is -2.39. The molecule has 0 saturated carbocycles. The molecule has 2 aromatic rings. The minimum atomic E-state index is -0.497. The number of nitrogens with one attached hydrogen (secondary N) is 1. The second kappa shape index (κ2) is 10.0. The molecule has 0 bridgehead atoms. The number of hydrogen-bond donors (Lipinski definition) is 1. The zero-order valence-electron chi connectivity index (χ0n) is 19.1. The number of ether oxygens (including phenoxy) is 1. The van der Waals surface area contributed by atoms with Crippen LogP contribution in [-0.2, 0) is 4.79 Å². The van der Waals surface area contributed by atoms with Crippen LogP contribution in [-0.4, -0.2) is 25.1 Å². The van der Waals surface area contributed by atoms with Gasteiger partial charge in [-0.25, -0.2) is 0 Å². The number of piperidine rings is 1. The fraction of sp³-hybridized carbons (Fsp3) is 0.500. The summed E-state index contributed by atoms with van der Waals surface area (Å²) in [5.41, 5.74) is 4.65. The molecular formula is C26H36N2O2. The van der Waals surface area contributed by atoms with E-state index >= 15 is 0 Å². The molecular weight excluding hydrogens is 372 g/mol. The van der Waals surface area contributed by atoms with Crippen molar-refractivity contribution in [1.29, 1.82) is 0 Å². The van der Waals surface area contributed by atoms with Crippen LogP contribution >= 0.6 is 0 Å². The molecule has 4 heteroatoms. The van der Waals surface area contributed by atoms with Crippen molar-refractivity contribution in [3.05, 3.63) is 59.2 Å². The Morgan fingerprint density at radius 3 is 2.43 bits per heavy atom. The maximum atomic E-state index is 12.8. The minimum Gasteiger partial charge on any atom is -0.481 e. The van der Waals surface area contributed by atoms with Gasteiger partial charge < -0.3 is 15.0 Å². The van der Waals surface area contributed by atoms with Crippen molar-refractivity contribution < 1.29 is 9.53 Å². The van der Waals surface area contributed by atoms with Gasteiger partial charge in [-0.05, 0) is 86.9 Å². The van der Waals surface area contributed by atoms with Gasteiger partial charge in [-0.2, -0.15) is 0 Å². The first-order chi connectivity index (χ1) is 14.4. The molecule has 1 aliphatic heterocycles. The number of benzene rings is 2. The first kappa shape index (κ1) is 22.2. The van der Waals surface area contributed by atoms with Crippen molar-refractivity contribution in [2.75, 3.05) is 18.0 Å². The number of rotatable bonds is 7. The van der Waals surface area contributed by atoms with Crippen LogP contribution in [0.4, 0.5) is 5.69 Å². The third-order valence-corrected chi connectivity index (χ3v) is 5.91. The molecule has 0 aliphatic carbocycles. The Kier molecular flexibility index (Phi) is 7.41. The van der Waals surface area contributed by atoms with E-state index in [0.29, 0.717) is 6.42 Å². The second-order valence-electron chi connectivity index (χ2n) is 8.85. The summed E-state index contributed by atoms with van der Waals surface area (Å²) in [6.45, 7) is 12.7. The SMILES string of the molecule is CC[C@H](Oc1cc(C)cc(C)c1)C(=O)N[C@H](C)c1ccc(N2CCC[C@@H](C)C2)cc1. The van der Waals surface area contributed by atoms with Crippen molar-refractivity contribution in [3.63, 3.8) is 0 Å². The van der Waals surface area contributed by atoms with Crippen molar-refractivity contribution in [2.45, 2.75) is 66.0 Å². The van der Waals surface area contributed by atoms with Gasteiger partial charge in [-0.3, -0.25) is 4.79 Å². The second-order valence-corrected chi connectivity index (χ2v) is 8.85. The van der Waals surface area contributed by atoms with E-state index in [2.05, 4.69) is 47.5 Å². The molecule has 0 unspecified atom stereocenters. The highest BCUT2D eigenvalue weighted by Gasteiger charge is 2.21. The molecule has 1 heterocycles. The molecule has 1 N–H and O–H groups in total. The van der Waals surface area contributed by atoms with E-state index in [4.69, 9.17) is 4.74 Å². The molecule has 3 atom stereocenters. The number of aryl methyl sites for hydroxylation is 2.